The van der Waals surface area contributed by atoms with E-state index in [4.69, 9.17) is 11.6 Å². The van der Waals surface area contributed by atoms with E-state index in [9.17, 15) is 10.1 Å². The van der Waals surface area contributed by atoms with Crippen molar-refractivity contribution in [2.24, 2.45) is 0 Å². The van der Waals surface area contributed by atoms with E-state index in [0.717, 1.165) is 11.3 Å². The maximum Gasteiger partial charge on any atom is 0.254 e. The number of rotatable bonds is 3. The molecule has 0 unspecified atom stereocenters. The molecule has 1 aliphatic rings. The van der Waals surface area contributed by atoms with Crippen molar-refractivity contribution in [3.63, 3.8) is 0 Å². The van der Waals surface area contributed by atoms with Crippen LogP contribution in [0, 0.1) is 10.1 Å². The minimum atomic E-state index is -0.573. The van der Waals surface area contributed by atoms with Gasteiger partial charge in [-0.1, -0.05) is 41.9 Å². The van der Waals surface area contributed by atoms with Gasteiger partial charge in [-0.05, 0) is 29.8 Å². The van der Waals surface area contributed by atoms with Gasteiger partial charge in [-0.2, -0.15) is 0 Å². The fraction of sp³-hybridized carbons (Fsp3) is 0.200. The summed E-state index contributed by atoms with van der Waals surface area (Å²) in [5.74, 6) is 0. The highest BCUT2D eigenvalue weighted by Gasteiger charge is 2.48. The normalized spacial score (nSPS) is 21.4. The van der Waals surface area contributed by atoms with E-state index in [1.807, 2.05) is 42.5 Å². The number of nitro groups is 1. The largest absolute Gasteiger partial charge is 0.351 e. The predicted octanol–water partition coefficient (Wildman–Crippen LogP) is 3.55. The molecule has 4 nitrogen and oxygen atoms in total. The molecule has 0 spiro atoms. The van der Waals surface area contributed by atoms with Gasteiger partial charge in [0.2, 0.25) is 0 Å². The molecule has 0 aromatic heterocycles. The number of hydrogen-bond donors (Lipinski definition) is 0. The molecule has 0 N–H and O–H groups in total. The van der Waals surface area contributed by atoms with Gasteiger partial charge in [0.15, 0.2) is 0 Å². The van der Waals surface area contributed by atoms with Crippen molar-refractivity contribution in [1.82, 2.24) is 0 Å². The van der Waals surface area contributed by atoms with Gasteiger partial charge in [0, 0.05) is 15.6 Å². The van der Waals surface area contributed by atoms with E-state index >= 15 is 0 Å². The summed E-state index contributed by atoms with van der Waals surface area (Å²) in [6, 6.07) is 16.2. The van der Waals surface area contributed by atoms with Crippen LogP contribution in [-0.4, -0.2) is 17.5 Å². The van der Waals surface area contributed by atoms with Crippen LogP contribution in [0.25, 0.3) is 0 Å². The summed E-state index contributed by atoms with van der Waals surface area (Å²) in [6.07, 6.45) is 0. The molecular weight excluding hydrogens is 276 g/mol. The molecule has 0 bridgehead atoms. The Morgan fingerprint density at radius 3 is 2.35 bits per heavy atom. The molecule has 0 aliphatic carbocycles. The van der Waals surface area contributed by atoms with Crippen LogP contribution < -0.4 is 4.90 Å². The van der Waals surface area contributed by atoms with E-state index in [2.05, 4.69) is 4.90 Å². The Morgan fingerprint density at radius 1 is 1.10 bits per heavy atom. The second kappa shape index (κ2) is 5.13. The number of nitrogens with zero attached hydrogens (tertiary/aromatic N) is 2. The molecule has 3 rings (SSSR count). The van der Waals surface area contributed by atoms with Crippen LogP contribution in [-0.2, 0) is 0 Å². The van der Waals surface area contributed by atoms with E-state index < -0.39 is 6.04 Å². The van der Waals surface area contributed by atoms with Crippen LogP contribution in [0.2, 0.25) is 5.02 Å². The summed E-state index contributed by atoms with van der Waals surface area (Å²) < 4.78 is 0. The molecule has 1 fully saturated rings. The van der Waals surface area contributed by atoms with Crippen molar-refractivity contribution in [1.29, 1.82) is 0 Å². The van der Waals surface area contributed by atoms with E-state index in [-0.39, 0.29) is 11.0 Å². The van der Waals surface area contributed by atoms with Gasteiger partial charge < -0.3 is 4.90 Å². The van der Waals surface area contributed by atoms with Gasteiger partial charge in [-0.25, -0.2) is 0 Å². The third-order valence-corrected chi connectivity index (χ3v) is 3.91. The van der Waals surface area contributed by atoms with Crippen molar-refractivity contribution in [2.45, 2.75) is 12.1 Å². The Balaban J connectivity index is 1.93. The minimum absolute atomic E-state index is 0.196. The summed E-state index contributed by atoms with van der Waals surface area (Å²) >= 11 is 5.88. The number of halogens is 1. The van der Waals surface area contributed by atoms with Gasteiger partial charge in [0.05, 0.1) is 6.54 Å². The first-order valence-corrected chi connectivity index (χ1v) is 6.75. The molecule has 2 aromatic carbocycles. The monoisotopic (exact) mass is 288 g/mol. The molecule has 5 heteroatoms. The van der Waals surface area contributed by atoms with Crippen LogP contribution in [0.5, 0.6) is 0 Å². The Morgan fingerprint density at radius 2 is 1.75 bits per heavy atom. The van der Waals surface area contributed by atoms with Gasteiger partial charge in [-0.15, -0.1) is 0 Å². The number of hydrogen-bond acceptors (Lipinski definition) is 3. The lowest BCUT2D eigenvalue weighted by Gasteiger charge is -2.44. The Kier molecular flexibility index (Phi) is 3.32. The van der Waals surface area contributed by atoms with Gasteiger partial charge >= 0.3 is 0 Å². The smallest absolute Gasteiger partial charge is 0.254 e. The lowest BCUT2D eigenvalue weighted by atomic mass is 9.89. The quantitative estimate of drug-likeness (QED) is 0.641. The Bertz CT molecular complexity index is 616. The first kappa shape index (κ1) is 12.9. The van der Waals surface area contributed by atoms with E-state index in [1.165, 1.54) is 0 Å². The molecule has 2 atom stereocenters. The Hall–Kier alpha value is -2.07. The highest BCUT2D eigenvalue weighted by Crippen LogP contribution is 2.39. The molecule has 1 saturated heterocycles. The Labute approximate surface area is 121 Å². The standard InChI is InChI=1S/C15H13ClN2O2/c16-12-8-6-11(7-9-12)15-14(18(19)20)10-17(15)13-4-2-1-3-5-13/h1-9,14-15H,10H2/t14-,15+/m0/s1. The van der Waals surface area contributed by atoms with E-state index in [1.54, 1.807) is 12.1 Å². The van der Waals surface area contributed by atoms with E-state index in [0.29, 0.717) is 11.6 Å². The lowest BCUT2D eigenvalue weighted by Crippen LogP contribution is -2.57. The second-order valence-electron chi connectivity index (χ2n) is 4.84. The van der Waals surface area contributed by atoms with Crippen LogP contribution in [0.1, 0.15) is 11.6 Å². The van der Waals surface area contributed by atoms with Crippen molar-refractivity contribution in [2.75, 3.05) is 11.4 Å². The zero-order chi connectivity index (χ0) is 14.1. The molecule has 0 amide bonds. The molecule has 20 heavy (non-hydrogen) atoms. The molecule has 1 aliphatic heterocycles. The summed E-state index contributed by atoms with van der Waals surface area (Å²) in [6.45, 7) is 0.435. The van der Waals surface area contributed by atoms with Crippen molar-refractivity contribution >= 4 is 17.3 Å². The number of para-hydroxylation sites is 1. The lowest BCUT2D eigenvalue weighted by molar-refractivity contribution is -0.534. The maximum absolute atomic E-state index is 11.2. The van der Waals surface area contributed by atoms with Gasteiger partial charge in [0.1, 0.15) is 6.04 Å². The van der Waals surface area contributed by atoms with Gasteiger partial charge in [0.25, 0.3) is 6.04 Å². The third kappa shape index (κ3) is 2.23. The molecule has 102 valence electrons. The highest BCUT2D eigenvalue weighted by atomic mass is 35.5. The molecule has 0 radical (unpaired) electrons. The SMILES string of the molecule is O=[N+]([O-])[C@H]1CN(c2ccccc2)[C@@H]1c1ccc(Cl)cc1. The fourth-order valence-electron chi connectivity index (χ4n) is 2.61. The first-order chi connectivity index (χ1) is 9.66. The zero-order valence-corrected chi connectivity index (χ0v) is 11.4. The van der Waals surface area contributed by atoms with Gasteiger partial charge in [-0.3, -0.25) is 10.1 Å². The van der Waals surface area contributed by atoms with Crippen LogP contribution >= 0.6 is 11.6 Å². The molecule has 2 aromatic rings. The predicted molar refractivity (Wildman–Crippen MR) is 78.8 cm³/mol. The minimum Gasteiger partial charge on any atom is -0.351 e. The van der Waals surface area contributed by atoms with Crippen molar-refractivity contribution < 1.29 is 4.92 Å². The first-order valence-electron chi connectivity index (χ1n) is 6.37. The molecule has 0 saturated carbocycles. The summed E-state index contributed by atoms with van der Waals surface area (Å²) in [5, 5.41) is 11.8. The van der Waals surface area contributed by atoms with Crippen LogP contribution in [0.4, 0.5) is 5.69 Å². The average Bonchev–Trinajstić information content (AvgIpc) is 2.41. The number of benzene rings is 2. The summed E-state index contributed by atoms with van der Waals surface area (Å²) in [4.78, 5) is 13.0. The summed E-state index contributed by atoms with van der Waals surface area (Å²) in [7, 11) is 0. The maximum atomic E-state index is 11.2. The fourth-order valence-corrected chi connectivity index (χ4v) is 2.74. The third-order valence-electron chi connectivity index (χ3n) is 3.65. The highest BCUT2D eigenvalue weighted by molar-refractivity contribution is 6.30. The van der Waals surface area contributed by atoms with Crippen LogP contribution in [0.3, 0.4) is 0 Å². The van der Waals surface area contributed by atoms with Crippen molar-refractivity contribution in [3.8, 4) is 0 Å². The molecule has 1 heterocycles. The van der Waals surface area contributed by atoms with Crippen molar-refractivity contribution in [3.05, 3.63) is 75.3 Å². The van der Waals surface area contributed by atoms with Crippen LogP contribution in [0.15, 0.2) is 54.6 Å². The second-order valence-corrected chi connectivity index (χ2v) is 5.27. The summed E-state index contributed by atoms with van der Waals surface area (Å²) in [5.41, 5.74) is 1.93. The zero-order valence-electron chi connectivity index (χ0n) is 10.6. The number of anilines is 1. The molecular formula is C15H13ClN2O2. The topological polar surface area (TPSA) is 46.4 Å². The average molecular weight is 289 g/mol.